The Morgan fingerprint density at radius 2 is 2.33 bits per heavy atom. The maximum atomic E-state index is 5.22. The Labute approximate surface area is 95.1 Å². The minimum Gasteiger partial charge on any atom is -0.497 e. The van der Waals surface area contributed by atoms with Gasteiger partial charge < -0.3 is 9.04 Å². The molecule has 0 amide bonds. The Morgan fingerprint density at radius 1 is 1.47 bits per heavy atom. The molecule has 0 aliphatic carbocycles. The molecule has 3 heteroatoms. The van der Waals surface area contributed by atoms with E-state index in [0.717, 1.165) is 18.0 Å². The Morgan fingerprint density at radius 3 is 3.07 bits per heavy atom. The molecule has 1 aromatic carbocycles. The Bertz CT molecular complexity index is 376. The molecular formula is C12H15NOS. The van der Waals surface area contributed by atoms with Crippen LogP contribution in [0.25, 0.3) is 6.08 Å². The third-order valence-corrected chi connectivity index (χ3v) is 3.27. The molecule has 1 aliphatic rings. The highest BCUT2D eigenvalue weighted by molar-refractivity contribution is 8.00. The molecule has 0 radical (unpaired) electrons. The van der Waals surface area contributed by atoms with Crippen LogP contribution in [0.5, 0.6) is 5.75 Å². The van der Waals surface area contributed by atoms with Gasteiger partial charge in [-0.05, 0) is 30.1 Å². The molecule has 1 aromatic rings. The van der Waals surface area contributed by atoms with Crippen LogP contribution in [0.1, 0.15) is 12.5 Å². The van der Waals surface area contributed by atoms with Gasteiger partial charge in [0.1, 0.15) is 5.75 Å². The maximum absolute atomic E-state index is 5.22. The van der Waals surface area contributed by atoms with E-state index in [0.29, 0.717) is 0 Å². The predicted octanol–water partition coefficient (Wildman–Crippen LogP) is 3.20. The van der Waals surface area contributed by atoms with Crippen molar-refractivity contribution in [2.45, 2.75) is 6.92 Å². The van der Waals surface area contributed by atoms with Crippen LogP contribution in [0.3, 0.4) is 0 Å². The van der Waals surface area contributed by atoms with Gasteiger partial charge in [-0.2, -0.15) is 0 Å². The molecule has 2 rings (SSSR count). The van der Waals surface area contributed by atoms with Crippen LogP contribution in [0.4, 0.5) is 5.69 Å². The highest BCUT2D eigenvalue weighted by Gasteiger charge is 2.13. The molecule has 0 saturated carbocycles. The van der Waals surface area contributed by atoms with Gasteiger partial charge in [-0.15, -0.1) is 0 Å². The van der Waals surface area contributed by atoms with Crippen molar-refractivity contribution in [2.24, 2.45) is 0 Å². The van der Waals surface area contributed by atoms with E-state index >= 15 is 0 Å². The zero-order valence-corrected chi connectivity index (χ0v) is 9.88. The van der Waals surface area contributed by atoms with Gasteiger partial charge in [-0.25, -0.2) is 0 Å². The highest BCUT2D eigenvalue weighted by atomic mass is 32.2. The molecule has 1 aliphatic heterocycles. The zero-order chi connectivity index (χ0) is 10.7. The maximum Gasteiger partial charge on any atom is 0.119 e. The number of benzene rings is 1. The van der Waals surface area contributed by atoms with Gasteiger partial charge in [0.2, 0.25) is 0 Å². The summed E-state index contributed by atoms with van der Waals surface area (Å²) in [6.07, 6.45) is 4.34. The number of methoxy groups -OCH3 is 1. The monoisotopic (exact) mass is 221 g/mol. The average molecular weight is 221 g/mol. The molecular weight excluding hydrogens is 206 g/mol. The Hall–Kier alpha value is -1.09. The molecule has 0 aromatic heterocycles. The lowest BCUT2D eigenvalue weighted by molar-refractivity contribution is 0.414. The topological polar surface area (TPSA) is 12.5 Å². The molecule has 2 nitrogen and oxygen atoms in total. The first-order valence-electron chi connectivity index (χ1n) is 5.10. The first-order chi connectivity index (χ1) is 7.35. The van der Waals surface area contributed by atoms with E-state index in [1.807, 2.05) is 18.0 Å². The van der Waals surface area contributed by atoms with Crippen molar-refractivity contribution >= 4 is 23.7 Å². The third-order valence-electron chi connectivity index (χ3n) is 2.36. The smallest absolute Gasteiger partial charge is 0.119 e. The first-order valence-corrected chi connectivity index (χ1v) is 6.04. The van der Waals surface area contributed by atoms with Crippen molar-refractivity contribution in [3.05, 3.63) is 29.8 Å². The van der Waals surface area contributed by atoms with Crippen LogP contribution in [-0.2, 0) is 0 Å². The fourth-order valence-corrected chi connectivity index (χ4v) is 2.48. The lowest BCUT2D eigenvalue weighted by Gasteiger charge is -2.26. The standard InChI is InChI=1S/C12H15NOS/c1-3-15-13-8-4-5-10-9-11(14-2)6-7-12(10)13/h4-7,9H,3,8H2,1-2H3. The van der Waals surface area contributed by atoms with Crippen molar-refractivity contribution in [3.63, 3.8) is 0 Å². The summed E-state index contributed by atoms with van der Waals surface area (Å²) in [6.45, 7) is 3.16. The van der Waals surface area contributed by atoms with Gasteiger partial charge in [-0.3, -0.25) is 0 Å². The Balaban J connectivity index is 2.33. The van der Waals surface area contributed by atoms with Gasteiger partial charge in [0.05, 0.1) is 12.8 Å². The normalized spacial score (nSPS) is 13.9. The number of nitrogens with zero attached hydrogens (tertiary/aromatic N) is 1. The minimum atomic E-state index is 0.918. The second-order valence-corrected chi connectivity index (χ2v) is 4.58. The number of fused-ring (bicyclic) bond motifs is 1. The SMILES string of the molecule is CCSN1CC=Cc2cc(OC)ccc21. The predicted molar refractivity (Wildman–Crippen MR) is 67.5 cm³/mol. The lowest BCUT2D eigenvalue weighted by Crippen LogP contribution is -2.18. The van der Waals surface area contributed by atoms with Gasteiger partial charge in [-0.1, -0.05) is 19.1 Å². The van der Waals surface area contributed by atoms with E-state index < -0.39 is 0 Å². The summed E-state index contributed by atoms with van der Waals surface area (Å²) in [5.41, 5.74) is 2.52. The number of hydrogen-bond acceptors (Lipinski definition) is 3. The molecule has 0 bridgehead atoms. The molecule has 0 spiro atoms. The average Bonchev–Trinajstić information content (AvgIpc) is 2.29. The zero-order valence-electron chi connectivity index (χ0n) is 9.06. The summed E-state index contributed by atoms with van der Waals surface area (Å²) in [5.74, 6) is 2.01. The van der Waals surface area contributed by atoms with Crippen molar-refractivity contribution in [1.82, 2.24) is 0 Å². The van der Waals surface area contributed by atoms with Crippen LogP contribution >= 0.6 is 11.9 Å². The molecule has 0 atom stereocenters. The first kappa shape index (κ1) is 10.4. The molecule has 0 unspecified atom stereocenters. The fourth-order valence-electron chi connectivity index (χ4n) is 1.67. The third kappa shape index (κ3) is 2.12. The van der Waals surface area contributed by atoms with Gasteiger partial charge >= 0.3 is 0 Å². The molecule has 0 saturated heterocycles. The quantitative estimate of drug-likeness (QED) is 0.727. The molecule has 80 valence electrons. The van der Waals surface area contributed by atoms with Gasteiger partial charge in [0.15, 0.2) is 0 Å². The number of hydrogen-bond donors (Lipinski definition) is 0. The van der Waals surface area contributed by atoms with E-state index in [1.165, 1.54) is 11.3 Å². The molecule has 15 heavy (non-hydrogen) atoms. The number of anilines is 1. The minimum absolute atomic E-state index is 0.918. The molecule has 0 N–H and O–H groups in total. The van der Waals surface area contributed by atoms with Crippen LogP contribution in [-0.4, -0.2) is 19.4 Å². The lowest BCUT2D eigenvalue weighted by atomic mass is 10.1. The van der Waals surface area contributed by atoms with Gasteiger partial charge in [0, 0.05) is 17.9 Å². The Kier molecular flexibility index (Phi) is 3.21. The molecule has 0 fully saturated rings. The summed E-state index contributed by atoms with van der Waals surface area (Å²) in [4.78, 5) is 0. The van der Waals surface area contributed by atoms with Crippen molar-refractivity contribution in [3.8, 4) is 5.75 Å². The number of rotatable bonds is 3. The van der Waals surface area contributed by atoms with Crippen molar-refractivity contribution in [1.29, 1.82) is 0 Å². The van der Waals surface area contributed by atoms with Crippen molar-refractivity contribution in [2.75, 3.05) is 23.7 Å². The number of ether oxygens (including phenoxy) is 1. The van der Waals surface area contributed by atoms with Crippen LogP contribution in [0.2, 0.25) is 0 Å². The van der Waals surface area contributed by atoms with E-state index in [9.17, 15) is 0 Å². The van der Waals surface area contributed by atoms with E-state index in [2.05, 4.69) is 35.5 Å². The van der Waals surface area contributed by atoms with E-state index in [-0.39, 0.29) is 0 Å². The molecule has 1 heterocycles. The summed E-state index contributed by atoms with van der Waals surface area (Å²) in [6, 6.07) is 6.22. The summed E-state index contributed by atoms with van der Waals surface area (Å²) in [5, 5.41) is 0. The summed E-state index contributed by atoms with van der Waals surface area (Å²) < 4.78 is 7.53. The second-order valence-electron chi connectivity index (χ2n) is 3.31. The van der Waals surface area contributed by atoms with E-state index in [4.69, 9.17) is 4.74 Å². The summed E-state index contributed by atoms with van der Waals surface area (Å²) >= 11 is 1.85. The fraction of sp³-hybridized carbons (Fsp3) is 0.333. The van der Waals surface area contributed by atoms with Gasteiger partial charge in [0.25, 0.3) is 0 Å². The summed E-state index contributed by atoms with van der Waals surface area (Å²) in [7, 11) is 1.70. The van der Waals surface area contributed by atoms with Crippen LogP contribution in [0, 0.1) is 0 Å². The second kappa shape index (κ2) is 4.62. The van der Waals surface area contributed by atoms with Crippen LogP contribution in [0.15, 0.2) is 24.3 Å². The van der Waals surface area contributed by atoms with Crippen LogP contribution < -0.4 is 9.04 Å². The van der Waals surface area contributed by atoms with E-state index in [1.54, 1.807) is 7.11 Å². The largest absolute Gasteiger partial charge is 0.497 e. The highest BCUT2D eigenvalue weighted by Crippen LogP contribution is 2.33. The van der Waals surface area contributed by atoms with Crippen molar-refractivity contribution < 1.29 is 4.74 Å².